The van der Waals surface area contributed by atoms with Crippen LogP contribution < -0.4 is 5.56 Å². The van der Waals surface area contributed by atoms with E-state index in [2.05, 4.69) is 16.3 Å². The molecule has 0 aromatic carbocycles. The van der Waals surface area contributed by atoms with E-state index in [0.717, 1.165) is 62.5 Å². The summed E-state index contributed by atoms with van der Waals surface area (Å²) in [6, 6.07) is 6.23. The van der Waals surface area contributed by atoms with Crippen molar-refractivity contribution in [3.05, 3.63) is 56.1 Å². The average molecular weight is 398 g/mol. The Morgan fingerprint density at radius 3 is 2.75 bits per heavy atom. The lowest BCUT2D eigenvalue weighted by atomic mass is 9.82. The molecule has 0 N–H and O–H groups in total. The number of carbonyl (C=O) groups is 1. The van der Waals surface area contributed by atoms with Crippen molar-refractivity contribution in [2.75, 3.05) is 26.2 Å². The van der Waals surface area contributed by atoms with Crippen LogP contribution in [0.25, 0.3) is 0 Å². The molecule has 0 unspecified atom stereocenters. The van der Waals surface area contributed by atoms with Crippen molar-refractivity contribution < 1.29 is 4.79 Å². The van der Waals surface area contributed by atoms with Gasteiger partial charge in [-0.3, -0.25) is 14.5 Å². The number of hydrogen-bond acceptors (Lipinski definition) is 4. The van der Waals surface area contributed by atoms with Crippen molar-refractivity contribution in [3.63, 3.8) is 0 Å². The predicted octanol–water partition coefficient (Wildman–Crippen LogP) is 2.69. The SMILES string of the molecule is O=C(Cc1ccsc1)N1C[C@@H]2C[C@H](C1)c1ccc(CN3CCCC3)c(=O)n1C2. The third kappa shape index (κ3) is 3.44. The molecule has 6 heteroatoms. The number of carbonyl (C=O) groups excluding carboxylic acids is 1. The van der Waals surface area contributed by atoms with Crippen molar-refractivity contribution in [1.82, 2.24) is 14.4 Å². The Kier molecular flexibility index (Phi) is 4.85. The molecule has 3 aliphatic heterocycles. The maximum atomic E-state index is 13.1. The number of nitrogens with zero attached hydrogens (tertiary/aromatic N) is 3. The van der Waals surface area contributed by atoms with Gasteiger partial charge in [0.1, 0.15) is 0 Å². The summed E-state index contributed by atoms with van der Waals surface area (Å²) in [4.78, 5) is 30.3. The highest BCUT2D eigenvalue weighted by atomic mass is 32.1. The van der Waals surface area contributed by atoms with E-state index in [0.29, 0.717) is 12.3 Å². The Bertz CT molecular complexity index is 914. The fourth-order valence-corrected chi connectivity index (χ4v) is 5.84. The van der Waals surface area contributed by atoms with Crippen molar-refractivity contribution in [2.24, 2.45) is 5.92 Å². The van der Waals surface area contributed by atoms with Gasteiger partial charge in [0.15, 0.2) is 0 Å². The second kappa shape index (κ2) is 7.48. The molecule has 28 heavy (non-hydrogen) atoms. The highest BCUT2D eigenvalue weighted by Crippen LogP contribution is 2.35. The van der Waals surface area contributed by atoms with Gasteiger partial charge in [-0.1, -0.05) is 6.07 Å². The first kappa shape index (κ1) is 18.1. The zero-order valence-electron chi connectivity index (χ0n) is 16.2. The minimum Gasteiger partial charge on any atom is -0.341 e. The third-order valence-corrected chi connectivity index (χ3v) is 7.30. The lowest BCUT2D eigenvalue weighted by Gasteiger charge is -2.43. The third-order valence-electron chi connectivity index (χ3n) is 6.56. The van der Waals surface area contributed by atoms with Gasteiger partial charge in [0.2, 0.25) is 5.91 Å². The van der Waals surface area contributed by atoms with Crippen molar-refractivity contribution in [3.8, 4) is 0 Å². The van der Waals surface area contributed by atoms with Gasteiger partial charge < -0.3 is 9.47 Å². The van der Waals surface area contributed by atoms with Crippen LogP contribution in [0.1, 0.15) is 42.0 Å². The van der Waals surface area contributed by atoms with E-state index in [4.69, 9.17) is 0 Å². The van der Waals surface area contributed by atoms with Crippen LogP contribution in [-0.2, 0) is 24.3 Å². The summed E-state index contributed by atoms with van der Waals surface area (Å²) in [5, 5.41) is 4.08. The molecule has 5 rings (SSSR count). The Balaban J connectivity index is 1.34. The predicted molar refractivity (Wildman–Crippen MR) is 111 cm³/mol. The van der Waals surface area contributed by atoms with Gasteiger partial charge in [-0.15, -0.1) is 0 Å². The normalized spacial score (nSPS) is 24.4. The van der Waals surface area contributed by atoms with Crippen LogP contribution in [0.2, 0.25) is 0 Å². The quantitative estimate of drug-likeness (QED) is 0.797. The molecule has 148 valence electrons. The van der Waals surface area contributed by atoms with Crippen LogP contribution >= 0.6 is 11.3 Å². The van der Waals surface area contributed by atoms with Gasteiger partial charge in [-0.05, 0) is 66.7 Å². The van der Waals surface area contributed by atoms with E-state index >= 15 is 0 Å². The van der Waals surface area contributed by atoms with Crippen LogP contribution in [0, 0.1) is 5.92 Å². The molecule has 2 fully saturated rings. The zero-order chi connectivity index (χ0) is 19.1. The summed E-state index contributed by atoms with van der Waals surface area (Å²) in [6.07, 6.45) is 4.06. The molecule has 5 heterocycles. The maximum Gasteiger partial charge on any atom is 0.255 e. The number of piperidine rings is 1. The number of rotatable bonds is 4. The van der Waals surface area contributed by atoms with Crippen LogP contribution in [0.15, 0.2) is 33.8 Å². The molecular weight excluding hydrogens is 370 g/mol. The lowest BCUT2D eigenvalue weighted by molar-refractivity contribution is -0.133. The average Bonchev–Trinajstić information content (AvgIpc) is 3.38. The molecule has 2 atom stereocenters. The highest BCUT2D eigenvalue weighted by Gasteiger charge is 2.36. The molecule has 1 amide bonds. The first-order valence-electron chi connectivity index (χ1n) is 10.4. The molecule has 3 aliphatic rings. The molecule has 2 aromatic rings. The number of thiophene rings is 1. The van der Waals surface area contributed by atoms with Crippen LogP contribution in [0.3, 0.4) is 0 Å². The van der Waals surface area contributed by atoms with E-state index in [1.54, 1.807) is 11.3 Å². The first-order valence-corrected chi connectivity index (χ1v) is 11.4. The van der Waals surface area contributed by atoms with Crippen LogP contribution in [0.4, 0.5) is 0 Å². The highest BCUT2D eigenvalue weighted by molar-refractivity contribution is 7.08. The van der Waals surface area contributed by atoms with Gasteiger partial charge >= 0.3 is 0 Å². The Morgan fingerprint density at radius 1 is 1.11 bits per heavy atom. The zero-order valence-corrected chi connectivity index (χ0v) is 17.0. The molecule has 0 saturated carbocycles. The molecule has 0 spiro atoms. The maximum absolute atomic E-state index is 13.1. The van der Waals surface area contributed by atoms with Crippen molar-refractivity contribution in [1.29, 1.82) is 0 Å². The largest absolute Gasteiger partial charge is 0.341 e. The standard InChI is InChI=1S/C22H27N3O2S/c26-21(10-16-5-8-28-15-16)24-11-17-9-19(14-24)20-4-3-18(22(27)25(20)12-17)13-23-6-1-2-7-23/h3-5,8,15,17,19H,1-2,6-7,9-14H2/t17-,19+/m0/s1. The summed E-state index contributed by atoms with van der Waals surface area (Å²) >= 11 is 1.64. The van der Waals surface area contributed by atoms with Gasteiger partial charge in [-0.2, -0.15) is 11.3 Å². The lowest BCUT2D eigenvalue weighted by Crippen LogP contribution is -2.50. The fraction of sp³-hybridized carbons (Fsp3) is 0.545. The van der Waals surface area contributed by atoms with E-state index in [9.17, 15) is 9.59 Å². The number of fused-ring (bicyclic) bond motifs is 4. The molecule has 0 radical (unpaired) electrons. The second-order valence-corrected chi connectivity index (χ2v) is 9.37. The minimum absolute atomic E-state index is 0.192. The molecule has 0 aliphatic carbocycles. The van der Waals surface area contributed by atoms with Gasteiger partial charge in [-0.25, -0.2) is 0 Å². The monoisotopic (exact) mass is 397 g/mol. The first-order chi connectivity index (χ1) is 13.7. The fourth-order valence-electron chi connectivity index (χ4n) is 5.18. The van der Waals surface area contributed by atoms with E-state index in [-0.39, 0.29) is 17.4 Å². The number of hydrogen-bond donors (Lipinski definition) is 0. The second-order valence-electron chi connectivity index (χ2n) is 8.59. The molecular formula is C22H27N3O2S. The molecule has 2 bridgehead atoms. The summed E-state index contributed by atoms with van der Waals surface area (Å²) in [7, 11) is 0. The van der Waals surface area contributed by atoms with E-state index in [1.807, 2.05) is 27.0 Å². The summed E-state index contributed by atoms with van der Waals surface area (Å²) in [5.74, 6) is 0.888. The minimum atomic E-state index is 0.192. The van der Waals surface area contributed by atoms with Gasteiger partial charge in [0.05, 0.1) is 6.42 Å². The molecule has 5 nitrogen and oxygen atoms in total. The van der Waals surface area contributed by atoms with E-state index in [1.165, 1.54) is 12.8 Å². The van der Waals surface area contributed by atoms with Crippen molar-refractivity contribution in [2.45, 2.75) is 44.7 Å². The van der Waals surface area contributed by atoms with Crippen LogP contribution in [0.5, 0.6) is 0 Å². The van der Waals surface area contributed by atoms with Crippen molar-refractivity contribution >= 4 is 17.2 Å². The number of pyridine rings is 1. The Labute approximate surface area is 169 Å². The number of amides is 1. The molecule has 2 saturated heterocycles. The summed E-state index contributed by atoms with van der Waals surface area (Å²) in [5.41, 5.74) is 3.35. The van der Waals surface area contributed by atoms with Gasteiger partial charge in [0.25, 0.3) is 5.56 Å². The molecule has 2 aromatic heterocycles. The smallest absolute Gasteiger partial charge is 0.255 e. The number of aromatic nitrogens is 1. The summed E-state index contributed by atoms with van der Waals surface area (Å²) in [6.45, 7) is 5.26. The topological polar surface area (TPSA) is 45.6 Å². The van der Waals surface area contributed by atoms with E-state index < -0.39 is 0 Å². The Hall–Kier alpha value is -1.92. The number of likely N-dealkylation sites (tertiary alicyclic amines) is 2. The summed E-state index contributed by atoms with van der Waals surface area (Å²) < 4.78 is 2.02. The van der Waals surface area contributed by atoms with Crippen LogP contribution in [-0.4, -0.2) is 46.5 Å². The van der Waals surface area contributed by atoms with Gasteiger partial charge in [0, 0.05) is 43.4 Å². The Morgan fingerprint density at radius 2 is 1.96 bits per heavy atom.